The van der Waals surface area contributed by atoms with Crippen molar-refractivity contribution in [3.05, 3.63) is 76.1 Å². The third kappa shape index (κ3) is 3.63. The highest BCUT2D eigenvalue weighted by Gasteiger charge is 2.06. The van der Waals surface area contributed by atoms with E-state index in [4.69, 9.17) is 17.0 Å². The molecule has 0 spiro atoms. The number of benzene rings is 2. The summed E-state index contributed by atoms with van der Waals surface area (Å²) in [5, 5.41) is 3.32. The van der Waals surface area contributed by atoms with Gasteiger partial charge in [0.25, 0.3) is 0 Å². The van der Waals surface area contributed by atoms with Gasteiger partial charge in [0.2, 0.25) is 0 Å². The lowest BCUT2D eigenvalue weighted by Gasteiger charge is -2.02. The predicted molar refractivity (Wildman–Crippen MR) is 100 cm³/mol. The van der Waals surface area contributed by atoms with Crippen LogP contribution in [0.2, 0.25) is 0 Å². The number of nitrogens with one attached hydrogen (secondary N) is 1. The quantitative estimate of drug-likeness (QED) is 0.543. The largest absolute Gasteiger partial charge is 0.497 e. The minimum absolute atomic E-state index is 0.719. The molecule has 2 aromatic carbocycles. The van der Waals surface area contributed by atoms with Crippen molar-refractivity contribution in [1.82, 2.24) is 9.78 Å². The number of rotatable bonds is 5. The topological polar surface area (TPSA) is 42.3 Å². The van der Waals surface area contributed by atoms with Crippen LogP contribution in [0, 0.1) is 11.6 Å². The van der Waals surface area contributed by atoms with Gasteiger partial charge >= 0.3 is 0 Å². The van der Waals surface area contributed by atoms with Crippen LogP contribution in [-0.2, 0) is 6.54 Å². The average Bonchev–Trinajstić information content (AvgIpc) is 2.88. The van der Waals surface area contributed by atoms with E-state index in [1.54, 1.807) is 7.11 Å². The number of aryl methyl sites for hydroxylation is 1. The van der Waals surface area contributed by atoms with Gasteiger partial charge < -0.3 is 9.84 Å². The Morgan fingerprint density at radius 3 is 2.50 bits per heavy atom. The molecule has 1 N–H and O–H groups in total. The first kappa shape index (κ1) is 16.2. The first-order chi connectivity index (χ1) is 11.7. The van der Waals surface area contributed by atoms with Crippen molar-refractivity contribution in [3.63, 3.8) is 0 Å². The van der Waals surface area contributed by atoms with E-state index in [1.807, 2.05) is 60.3 Å². The minimum atomic E-state index is 0.719. The van der Waals surface area contributed by atoms with Crippen molar-refractivity contribution in [2.45, 2.75) is 13.5 Å². The minimum Gasteiger partial charge on any atom is -0.497 e. The second-order valence-corrected chi connectivity index (χ2v) is 5.87. The van der Waals surface area contributed by atoms with E-state index in [2.05, 4.69) is 22.2 Å². The Morgan fingerprint density at radius 1 is 1.12 bits per heavy atom. The number of ether oxygens (including phenoxy) is 1. The molecule has 24 heavy (non-hydrogen) atoms. The fourth-order valence-electron chi connectivity index (χ4n) is 2.46. The smallest absolute Gasteiger partial charge is 0.131 e. The second kappa shape index (κ2) is 7.27. The van der Waals surface area contributed by atoms with Gasteiger partial charge in [-0.2, -0.15) is 0 Å². The normalized spacial score (nSPS) is 11.1. The SMILES string of the molecule is COc1ccc(N=Cc2c(C)[nH]n(Cc3ccccc3)c2=S)cc1. The first-order valence-electron chi connectivity index (χ1n) is 7.69. The molecule has 3 rings (SSSR count). The average molecular weight is 337 g/mol. The Labute approximate surface area is 146 Å². The van der Waals surface area contributed by atoms with E-state index in [-0.39, 0.29) is 0 Å². The van der Waals surface area contributed by atoms with Crippen molar-refractivity contribution >= 4 is 24.1 Å². The van der Waals surface area contributed by atoms with E-state index in [0.29, 0.717) is 0 Å². The number of hydrogen-bond acceptors (Lipinski definition) is 3. The van der Waals surface area contributed by atoms with Crippen LogP contribution in [0.4, 0.5) is 5.69 Å². The van der Waals surface area contributed by atoms with E-state index in [1.165, 1.54) is 5.56 Å². The highest BCUT2D eigenvalue weighted by molar-refractivity contribution is 7.71. The number of aromatic amines is 1. The monoisotopic (exact) mass is 337 g/mol. The molecule has 0 unspecified atom stereocenters. The number of aliphatic imine (C=N–C) groups is 1. The molecule has 0 fully saturated rings. The lowest BCUT2D eigenvalue weighted by molar-refractivity contribution is 0.415. The zero-order chi connectivity index (χ0) is 16.9. The fourth-order valence-corrected chi connectivity index (χ4v) is 2.77. The van der Waals surface area contributed by atoms with Crippen molar-refractivity contribution in [2.75, 3.05) is 7.11 Å². The van der Waals surface area contributed by atoms with Crippen LogP contribution in [0.1, 0.15) is 16.8 Å². The van der Waals surface area contributed by atoms with Crippen molar-refractivity contribution in [1.29, 1.82) is 0 Å². The number of hydrogen-bond donors (Lipinski definition) is 1. The summed E-state index contributed by atoms with van der Waals surface area (Å²) in [4.78, 5) is 4.51. The molecule has 0 bridgehead atoms. The molecule has 0 aliphatic rings. The van der Waals surface area contributed by atoms with Crippen LogP contribution in [0.5, 0.6) is 5.75 Å². The molecule has 1 aromatic heterocycles. The van der Waals surface area contributed by atoms with E-state index in [9.17, 15) is 0 Å². The Hall–Kier alpha value is -2.66. The van der Waals surface area contributed by atoms with Crippen molar-refractivity contribution < 1.29 is 4.74 Å². The summed E-state index contributed by atoms with van der Waals surface area (Å²) in [6.45, 7) is 2.73. The summed E-state index contributed by atoms with van der Waals surface area (Å²) in [7, 11) is 1.65. The van der Waals surface area contributed by atoms with E-state index < -0.39 is 0 Å². The fraction of sp³-hybridized carbons (Fsp3) is 0.158. The maximum atomic E-state index is 5.59. The van der Waals surface area contributed by atoms with Crippen LogP contribution >= 0.6 is 12.2 Å². The van der Waals surface area contributed by atoms with Crippen LogP contribution in [0.3, 0.4) is 0 Å². The summed E-state index contributed by atoms with van der Waals surface area (Å²) in [5.41, 5.74) is 4.01. The summed E-state index contributed by atoms with van der Waals surface area (Å²) in [6, 6.07) is 17.8. The molecule has 0 aliphatic carbocycles. The van der Waals surface area contributed by atoms with Gasteiger partial charge in [-0.3, -0.25) is 9.67 Å². The summed E-state index contributed by atoms with van der Waals surface area (Å²) < 4.78 is 7.88. The molecule has 0 saturated carbocycles. The Bertz CT molecular complexity index is 893. The van der Waals surface area contributed by atoms with E-state index in [0.717, 1.165) is 33.9 Å². The first-order valence-corrected chi connectivity index (χ1v) is 8.09. The Balaban J connectivity index is 1.83. The standard InChI is InChI=1S/C19H19N3OS/c1-14-18(12-20-16-8-10-17(23-2)11-9-16)19(24)22(21-14)13-15-6-4-3-5-7-15/h3-12,21H,13H2,1-2H3. The lowest BCUT2D eigenvalue weighted by atomic mass is 10.2. The molecular formula is C19H19N3OS. The molecule has 0 saturated heterocycles. The van der Waals surface area contributed by atoms with Gasteiger partial charge in [0, 0.05) is 17.5 Å². The zero-order valence-corrected chi connectivity index (χ0v) is 14.5. The zero-order valence-electron chi connectivity index (χ0n) is 13.7. The van der Waals surface area contributed by atoms with Gasteiger partial charge in [-0.15, -0.1) is 0 Å². The molecule has 0 radical (unpaired) electrons. The lowest BCUT2D eigenvalue weighted by Crippen LogP contribution is -2.01. The molecule has 0 atom stereocenters. The third-order valence-electron chi connectivity index (χ3n) is 3.78. The molecule has 3 aromatic rings. The summed E-state index contributed by atoms with van der Waals surface area (Å²) in [5.74, 6) is 0.816. The third-order valence-corrected chi connectivity index (χ3v) is 4.22. The second-order valence-electron chi connectivity index (χ2n) is 5.48. The van der Waals surface area contributed by atoms with Crippen molar-refractivity contribution in [2.24, 2.45) is 4.99 Å². The Kier molecular flexibility index (Phi) is 4.91. The highest BCUT2D eigenvalue weighted by atomic mass is 32.1. The van der Waals surface area contributed by atoms with Crippen molar-refractivity contribution in [3.8, 4) is 5.75 Å². The molecule has 0 aliphatic heterocycles. The number of nitrogens with zero attached hydrogens (tertiary/aromatic N) is 2. The van der Waals surface area contributed by atoms with Gasteiger partial charge in [-0.05, 0) is 36.8 Å². The van der Waals surface area contributed by atoms with Crippen LogP contribution < -0.4 is 4.74 Å². The van der Waals surface area contributed by atoms with Gasteiger partial charge in [-0.25, -0.2) is 0 Å². The van der Waals surface area contributed by atoms with Crippen LogP contribution in [-0.4, -0.2) is 23.1 Å². The molecular weight excluding hydrogens is 318 g/mol. The Morgan fingerprint density at radius 2 is 1.83 bits per heavy atom. The van der Waals surface area contributed by atoms with Crippen LogP contribution in [0.25, 0.3) is 0 Å². The highest BCUT2D eigenvalue weighted by Crippen LogP contribution is 2.18. The molecule has 122 valence electrons. The predicted octanol–water partition coefficient (Wildman–Crippen LogP) is 4.66. The maximum absolute atomic E-state index is 5.59. The van der Waals surface area contributed by atoms with Gasteiger partial charge in [0.1, 0.15) is 10.4 Å². The summed E-state index contributed by atoms with van der Waals surface area (Å²) in [6.07, 6.45) is 1.82. The molecule has 0 amide bonds. The van der Waals surface area contributed by atoms with E-state index >= 15 is 0 Å². The van der Waals surface area contributed by atoms with Crippen LogP contribution in [0.15, 0.2) is 59.6 Å². The molecule has 4 nitrogen and oxygen atoms in total. The van der Waals surface area contributed by atoms with Gasteiger partial charge in [-0.1, -0.05) is 42.5 Å². The maximum Gasteiger partial charge on any atom is 0.131 e. The molecule has 5 heteroatoms. The van der Waals surface area contributed by atoms with Gasteiger partial charge in [0.15, 0.2) is 0 Å². The molecule has 1 heterocycles. The number of H-pyrrole nitrogens is 1. The van der Waals surface area contributed by atoms with Gasteiger partial charge in [0.05, 0.1) is 19.3 Å². The number of methoxy groups -OCH3 is 1. The number of aromatic nitrogens is 2. The summed E-state index contributed by atoms with van der Waals surface area (Å²) >= 11 is 5.59.